The topological polar surface area (TPSA) is 89.3 Å². The molecular formula is C12H15BrN2O3S2. The zero-order valence-electron chi connectivity index (χ0n) is 11.2. The number of nitrogens with two attached hydrogens (primary N) is 1. The second-order valence-electron chi connectivity index (χ2n) is 4.79. The molecular weight excluding hydrogens is 364 g/mol. The number of amides is 1. The molecule has 0 fully saturated rings. The van der Waals surface area contributed by atoms with Crippen LogP contribution in [-0.2, 0) is 14.6 Å². The van der Waals surface area contributed by atoms with Gasteiger partial charge in [0, 0.05) is 16.3 Å². The van der Waals surface area contributed by atoms with Crippen LogP contribution in [0.4, 0.5) is 5.69 Å². The van der Waals surface area contributed by atoms with Gasteiger partial charge in [0.05, 0.1) is 5.69 Å². The molecule has 0 saturated carbocycles. The number of halogens is 1. The minimum atomic E-state index is -3.55. The predicted molar refractivity (Wildman–Crippen MR) is 87.6 cm³/mol. The smallest absolute Gasteiger partial charge is 0.245 e. The van der Waals surface area contributed by atoms with Gasteiger partial charge < -0.3 is 11.1 Å². The molecule has 0 bridgehead atoms. The van der Waals surface area contributed by atoms with Crippen molar-refractivity contribution in [2.24, 2.45) is 5.73 Å². The Kier molecular flexibility index (Phi) is 4.94. The maximum atomic E-state index is 12.2. The molecule has 1 aromatic carbocycles. The summed E-state index contributed by atoms with van der Waals surface area (Å²) in [7, 11) is -3.55. The van der Waals surface area contributed by atoms with Crippen molar-refractivity contribution >= 4 is 54.6 Å². The maximum Gasteiger partial charge on any atom is 0.245 e. The van der Waals surface area contributed by atoms with Crippen molar-refractivity contribution in [1.82, 2.24) is 0 Å². The molecule has 0 aliphatic heterocycles. The molecule has 1 rings (SSSR count). The Bertz CT molecular complexity index is 669. The van der Waals surface area contributed by atoms with Gasteiger partial charge in [-0.3, -0.25) is 4.79 Å². The largest absolute Gasteiger partial charge is 0.389 e. The van der Waals surface area contributed by atoms with E-state index in [0.717, 1.165) is 10.7 Å². The Hall–Kier alpha value is -0.990. The monoisotopic (exact) mass is 378 g/mol. The average Bonchev–Trinajstić information content (AvgIpc) is 2.29. The summed E-state index contributed by atoms with van der Waals surface area (Å²) in [5, 5.41) is 2.56. The maximum absolute atomic E-state index is 12.2. The highest BCUT2D eigenvalue weighted by Crippen LogP contribution is 2.24. The third-order valence-electron chi connectivity index (χ3n) is 2.97. The number of sulfone groups is 1. The number of rotatable bonds is 4. The van der Waals surface area contributed by atoms with E-state index in [1.807, 2.05) is 0 Å². The molecule has 20 heavy (non-hydrogen) atoms. The number of anilines is 1. The second kappa shape index (κ2) is 5.79. The number of nitrogens with one attached hydrogen (secondary N) is 1. The van der Waals surface area contributed by atoms with Crippen LogP contribution < -0.4 is 11.1 Å². The van der Waals surface area contributed by atoms with Crippen LogP contribution in [0.3, 0.4) is 0 Å². The van der Waals surface area contributed by atoms with Gasteiger partial charge in [-0.25, -0.2) is 8.42 Å². The van der Waals surface area contributed by atoms with E-state index >= 15 is 0 Å². The number of thiocarbonyl (C=S) groups is 1. The van der Waals surface area contributed by atoms with Crippen LogP contribution in [0.5, 0.6) is 0 Å². The average molecular weight is 379 g/mol. The third kappa shape index (κ3) is 3.56. The molecule has 1 amide bonds. The Balaban J connectivity index is 3.18. The minimum absolute atomic E-state index is 0.110. The molecule has 0 aliphatic rings. The van der Waals surface area contributed by atoms with Crippen LogP contribution in [0.1, 0.15) is 19.4 Å². The normalized spacial score (nSPS) is 12.0. The van der Waals surface area contributed by atoms with Gasteiger partial charge in [0.2, 0.25) is 5.91 Å². The van der Waals surface area contributed by atoms with Gasteiger partial charge in [0.15, 0.2) is 9.84 Å². The van der Waals surface area contributed by atoms with Crippen molar-refractivity contribution < 1.29 is 13.2 Å². The summed E-state index contributed by atoms with van der Waals surface area (Å²) in [6.45, 7) is 2.69. The summed E-state index contributed by atoms with van der Waals surface area (Å²) in [5.74, 6) is -0.639. The molecule has 0 unspecified atom stereocenters. The van der Waals surface area contributed by atoms with E-state index in [1.54, 1.807) is 18.2 Å². The van der Waals surface area contributed by atoms with Crippen LogP contribution in [0.2, 0.25) is 0 Å². The lowest BCUT2D eigenvalue weighted by atomic mass is 10.1. The highest BCUT2D eigenvalue weighted by molar-refractivity contribution is 9.10. The molecule has 1 aromatic rings. The number of carbonyl (C=O) groups is 1. The van der Waals surface area contributed by atoms with Crippen molar-refractivity contribution in [3.63, 3.8) is 0 Å². The first-order chi connectivity index (χ1) is 8.96. The van der Waals surface area contributed by atoms with Gasteiger partial charge in [0.1, 0.15) is 9.74 Å². The lowest BCUT2D eigenvalue weighted by Crippen LogP contribution is -2.44. The van der Waals surface area contributed by atoms with E-state index in [9.17, 15) is 13.2 Å². The number of benzene rings is 1. The fourth-order valence-corrected chi connectivity index (χ4v) is 2.19. The Morgan fingerprint density at radius 2 is 1.95 bits per heavy atom. The van der Waals surface area contributed by atoms with Crippen molar-refractivity contribution in [3.8, 4) is 0 Å². The van der Waals surface area contributed by atoms with Crippen LogP contribution in [0.25, 0.3) is 0 Å². The van der Waals surface area contributed by atoms with Crippen LogP contribution in [0.15, 0.2) is 22.7 Å². The Labute approximate surface area is 132 Å². The molecule has 0 radical (unpaired) electrons. The standard InChI is InChI=1S/C12H15BrN2O3S2/c1-12(2,20(3,17)18)11(16)15-9-5-4-7(13)6-8(9)10(14)19/h4-6H,1-3H3,(H2,14,19)(H,15,16). The van der Waals surface area contributed by atoms with Gasteiger partial charge in [-0.1, -0.05) is 28.1 Å². The summed E-state index contributed by atoms with van der Waals surface area (Å²) in [6, 6.07) is 4.96. The van der Waals surface area contributed by atoms with Crippen molar-refractivity contribution in [1.29, 1.82) is 0 Å². The molecule has 5 nitrogen and oxygen atoms in total. The molecule has 0 heterocycles. The molecule has 0 aliphatic carbocycles. The Morgan fingerprint density at radius 1 is 1.40 bits per heavy atom. The lowest BCUT2D eigenvalue weighted by Gasteiger charge is -2.22. The summed E-state index contributed by atoms with van der Waals surface area (Å²) in [6.07, 6.45) is 1.02. The van der Waals surface area contributed by atoms with Gasteiger partial charge in [0.25, 0.3) is 0 Å². The van der Waals surface area contributed by atoms with E-state index in [1.165, 1.54) is 13.8 Å². The van der Waals surface area contributed by atoms with Gasteiger partial charge in [-0.2, -0.15) is 0 Å². The van der Waals surface area contributed by atoms with Gasteiger partial charge in [-0.05, 0) is 32.0 Å². The number of hydrogen-bond donors (Lipinski definition) is 2. The van der Waals surface area contributed by atoms with E-state index in [-0.39, 0.29) is 4.99 Å². The van der Waals surface area contributed by atoms with E-state index < -0.39 is 20.5 Å². The quantitative estimate of drug-likeness (QED) is 0.780. The molecule has 0 aromatic heterocycles. The number of carbonyl (C=O) groups excluding carboxylic acids is 1. The minimum Gasteiger partial charge on any atom is -0.389 e. The highest BCUT2D eigenvalue weighted by Gasteiger charge is 2.38. The van der Waals surface area contributed by atoms with Gasteiger partial charge >= 0.3 is 0 Å². The highest BCUT2D eigenvalue weighted by atomic mass is 79.9. The first-order valence-electron chi connectivity index (χ1n) is 5.57. The van der Waals surface area contributed by atoms with Crippen molar-refractivity contribution in [3.05, 3.63) is 28.2 Å². The van der Waals surface area contributed by atoms with E-state index in [2.05, 4.69) is 21.2 Å². The van der Waals surface area contributed by atoms with E-state index in [0.29, 0.717) is 11.3 Å². The molecule has 3 N–H and O–H groups in total. The summed E-state index contributed by atoms with van der Waals surface area (Å²) in [4.78, 5) is 12.3. The SMILES string of the molecule is CC(C)(C(=O)Nc1ccc(Br)cc1C(N)=S)S(C)(=O)=O. The molecule has 0 atom stereocenters. The third-order valence-corrected chi connectivity index (χ3v) is 5.72. The first kappa shape index (κ1) is 17.1. The summed E-state index contributed by atoms with van der Waals surface area (Å²) >= 11 is 8.19. The summed E-state index contributed by atoms with van der Waals surface area (Å²) in [5.41, 5.74) is 6.44. The Morgan fingerprint density at radius 3 is 2.40 bits per heavy atom. The van der Waals surface area contributed by atoms with Crippen LogP contribution in [0, 0.1) is 0 Å². The zero-order chi connectivity index (χ0) is 15.7. The molecule has 0 spiro atoms. The molecule has 110 valence electrons. The zero-order valence-corrected chi connectivity index (χ0v) is 14.4. The fourth-order valence-electron chi connectivity index (χ4n) is 1.27. The first-order valence-corrected chi connectivity index (χ1v) is 8.66. The number of hydrogen-bond acceptors (Lipinski definition) is 4. The van der Waals surface area contributed by atoms with Crippen molar-refractivity contribution in [2.45, 2.75) is 18.6 Å². The predicted octanol–water partition coefficient (Wildman–Crippen LogP) is 1.85. The molecule has 0 saturated heterocycles. The van der Waals surface area contributed by atoms with Crippen molar-refractivity contribution in [2.75, 3.05) is 11.6 Å². The second-order valence-corrected chi connectivity index (χ2v) is 8.71. The van der Waals surface area contributed by atoms with Crippen LogP contribution in [-0.4, -0.2) is 30.3 Å². The fraction of sp³-hybridized carbons (Fsp3) is 0.333. The van der Waals surface area contributed by atoms with E-state index in [4.69, 9.17) is 18.0 Å². The summed E-state index contributed by atoms with van der Waals surface area (Å²) < 4.78 is 22.5. The lowest BCUT2D eigenvalue weighted by molar-refractivity contribution is -0.117. The van der Waals surface area contributed by atoms with Crippen LogP contribution >= 0.6 is 28.1 Å². The molecule has 8 heteroatoms. The van der Waals surface area contributed by atoms with Gasteiger partial charge in [-0.15, -0.1) is 0 Å².